The van der Waals surface area contributed by atoms with E-state index in [1.165, 1.54) is 0 Å². The molecule has 0 bridgehead atoms. The molecule has 4 nitrogen and oxygen atoms in total. The monoisotopic (exact) mass is 354 g/mol. The lowest BCUT2D eigenvalue weighted by molar-refractivity contribution is 0.401. The Labute approximate surface area is 134 Å². The van der Waals surface area contributed by atoms with Crippen molar-refractivity contribution in [1.82, 2.24) is 4.98 Å². The summed E-state index contributed by atoms with van der Waals surface area (Å²) in [6.45, 7) is 0. The average Bonchev–Trinajstić information content (AvgIpc) is 2.89. The number of rotatable bonds is 2. The molecule has 22 heavy (non-hydrogen) atoms. The number of methoxy groups -OCH3 is 1. The van der Waals surface area contributed by atoms with E-state index in [1.54, 1.807) is 7.11 Å². The maximum absolute atomic E-state index is 11.4. The highest BCUT2D eigenvalue weighted by Crippen LogP contribution is 2.51. The number of benzene rings is 2. The lowest BCUT2D eigenvalue weighted by atomic mass is 10.0. The highest BCUT2D eigenvalue weighted by molar-refractivity contribution is 9.10. The van der Waals surface area contributed by atoms with Crippen LogP contribution >= 0.6 is 15.9 Å². The fourth-order valence-corrected chi connectivity index (χ4v) is 3.42. The summed E-state index contributed by atoms with van der Waals surface area (Å²) >= 11 is 3.51. The largest absolute Gasteiger partial charge is 0.482 e. The molecular formula is C17H11BrN2O2. The molecule has 0 unspecified atom stereocenters. The van der Waals surface area contributed by atoms with E-state index in [0.717, 1.165) is 37.3 Å². The Balaban J connectivity index is 2.35. The van der Waals surface area contributed by atoms with Gasteiger partial charge < -0.3 is 9.72 Å². The normalized spacial score (nSPS) is 11.4. The smallest absolute Gasteiger partial charge is 0.201 e. The molecule has 4 rings (SSSR count). The van der Waals surface area contributed by atoms with Gasteiger partial charge in [0.15, 0.2) is 0 Å². The van der Waals surface area contributed by atoms with Crippen molar-refractivity contribution in [2.75, 3.05) is 7.11 Å². The van der Waals surface area contributed by atoms with Crippen LogP contribution in [0.1, 0.15) is 0 Å². The second-order valence-electron chi connectivity index (χ2n) is 5.08. The molecule has 0 saturated carbocycles. The van der Waals surface area contributed by atoms with E-state index in [9.17, 15) is 4.91 Å². The lowest BCUT2D eigenvalue weighted by Crippen LogP contribution is -1.93. The van der Waals surface area contributed by atoms with Crippen molar-refractivity contribution >= 4 is 43.3 Å². The second kappa shape index (κ2) is 4.81. The molecule has 0 amide bonds. The van der Waals surface area contributed by atoms with Crippen LogP contribution in [0.4, 0.5) is 5.69 Å². The third-order valence-corrected chi connectivity index (χ3v) is 4.45. The fourth-order valence-electron chi connectivity index (χ4n) is 3.06. The quantitative estimate of drug-likeness (QED) is 0.476. The van der Waals surface area contributed by atoms with Crippen LogP contribution in [-0.2, 0) is 0 Å². The summed E-state index contributed by atoms with van der Waals surface area (Å²) in [6, 6.07) is 13.8. The van der Waals surface area contributed by atoms with Crippen LogP contribution in [0.5, 0.6) is 5.88 Å². The number of H-pyrrole nitrogens is 1. The number of nitroso groups, excluding NO2 is 1. The maximum Gasteiger partial charge on any atom is 0.201 e. The molecule has 2 aliphatic rings. The molecule has 108 valence electrons. The van der Waals surface area contributed by atoms with Gasteiger partial charge in [0.05, 0.1) is 12.7 Å². The van der Waals surface area contributed by atoms with Gasteiger partial charge >= 0.3 is 0 Å². The molecule has 0 saturated heterocycles. The van der Waals surface area contributed by atoms with Crippen LogP contribution in [0.3, 0.4) is 0 Å². The molecule has 1 N–H and O–H groups in total. The van der Waals surface area contributed by atoms with Crippen molar-refractivity contribution in [3.63, 3.8) is 0 Å². The summed E-state index contributed by atoms with van der Waals surface area (Å²) in [5.41, 5.74) is 3.07. The van der Waals surface area contributed by atoms with E-state index in [2.05, 4.69) is 26.1 Å². The Bertz CT molecular complexity index is 1010. The summed E-state index contributed by atoms with van der Waals surface area (Å²) in [6.07, 6.45) is 0. The number of hydrogen-bond acceptors (Lipinski definition) is 3. The molecule has 0 aromatic heterocycles. The van der Waals surface area contributed by atoms with Gasteiger partial charge in [-0.15, -0.1) is 4.91 Å². The van der Waals surface area contributed by atoms with Gasteiger partial charge in [-0.25, -0.2) is 0 Å². The number of fused-ring (bicyclic) bond motifs is 5. The predicted octanol–water partition coefficient (Wildman–Crippen LogP) is 5.59. The minimum Gasteiger partial charge on any atom is -0.482 e. The van der Waals surface area contributed by atoms with Crippen LogP contribution in [0.2, 0.25) is 0 Å². The van der Waals surface area contributed by atoms with Crippen LogP contribution < -0.4 is 4.74 Å². The first-order valence-electron chi connectivity index (χ1n) is 6.77. The number of ether oxygens (including phenoxy) is 1. The van der Waals surface area contributed by atoms with E-state index in [4.69, 9.17) is 4.74 Å². The highest BCUT2D eigenvalue weighted by atomic mass is 79.9. The molecule has 1 aliphatic heterocycles. The van der Waals surface area contributed by atoms with Crippen LogP contribution in [0.15, 0.2) is 52.1 Å². The Morgan fingerprint density at radius 3 is 2.55 bits per heavy atom. The van der Waals surface area contributed by atoms with E-state index >= 15 is 0 Å². The van der Waals surface area contributed by atoms with Gasteiger partial charge in [-0.05, 0) is 28.8 Å². The summed E-state index contributed by atoms with van der Waals surface area (Å²) in [4.78, 5) is 14.7. The molecule has 0 atom stereocenters. The van der Waals surface area contributed by atoms with Crippen molar-refractivity contribution in [1.29, 1.82) is 0 Å². The number of halogens is 1. The number of aromatic nitrogens is 1. The summed E-state index contributed by atoms with van der Waals surface area (Å²) in [5, 5.41) is 6.13. The van der Waals surface area contributed by atoms with Gasteiger partial charge in [0.1, 0.15) is 5.69 Å². The van der Waals surface area contributed by atoms with E-state index in [-0.39, 0.29) is 0 Å². The van der Waals surface area contributed by atoms with Gasteiger partial charge in [0, 0.05) is 26.3 Å². The van der Waals surface area contributed by atoms with Gasteiger partial charge in [0.25, 0.3) is 0 Å². The molecule has 1 aliphatic carbocycles. The Hall–Kier alpha value is -2.40. The van der Waals surface area contributed by atoms with Crippen LogP contribution in [0, 0.1) is 4.91 Å². The summed E-state index contributed by atoms with van der Waals surface area (Å²) in [7, 11) is 1.59. The average molecular weight is 355 g/mol. The van der Waals surface area contributed by atoms with Gasteiger partial charge in [0.2, 0.25) is 5.88 Å². The maximum atomic E-state index is 11.4. The molecule has 1 heterocycles. The first-order chi connectivity index (χ1) is 10.7. The van der Waals surface area contributed by atoms with Gasteiger partial charge in [-0.2, -0.15) is 0 Å². The van der Waals surface area contributed by atoms with E-state index in [1.807, 2.05) is 42.5 Å². The number of nitrogens with one attached hydrogen (secondary N) is 1. The first kappa shape index (κ1) is 13.3. The molecule has 2 aromatic rings. The zero-order valence-corrected chi connectivity index (χ0v) is 13.3. The zero-order valence-electron chi connectivity index (χ0n) is 11.7. The molecule has 0 fully saturated rings. The van der Waals surface area contributed by atoms with E-state index < -0.39 is 0 Å². The van der Waals surface area contributed by atoms with E-state index in [0.29, 0.717) is 11.6 Å². The second-order valence-corrected chi connectivity index (χ2v) is 6.00. The number of pyridine rings is 1. The predicted molar refractivity (Wildman–Crippen MR) is 92.1 cm³/mol. The summed E-state index contributed by atoms with van der Waals surface area (Å²) in [5.74, 6) is 0.552. The number of hydrogen-bond donors (Lipinski definition) is 1. The fraction of sp³-hybridized carbons (Fsp3) is 0.0588. The third kappa shape index (κ3) is 1.69. The minimum atomic E-state index is 0.417. The molecule has 5 heteroatoms. The standard InChI is InChI=1S/C17H11BrN2O2/c1-22-17-15-14(12-8-9(18)6-7-13(12)19-17)10-4-2-3-5-11(10)16(15)20-21/h2-8,19H,1H3. The van der Waals surface area contributed by atoms with Crippen molar-refractivity contribution in [2.24, 2.45) is 5.18 Å². The Kier molecular flexibility index (Phi) is 2.90. The molecule has 2 aromatic carbocycles. The minimum absolute atomic E-state index is 0.417. The molecular weight excluding hydrogens is 344 g/mol. The van der Waals surface area contributed by atoms with Crippen molar-refractivity contribution in [3.05, 3.63) is 51.8 Å². The SMILES string of the molecule is COc1[nH]c2ccc(Br)cc2c2c3ccccc3c(N=O)c1-2. The van der Waals surface area contributed by atoms with Gasteiger partial charge in [-0.3, -0.25) is 0 Å². The Morgan fingerprint density at radius 2 is 1.82 bits per heavy atom. The topological polar surface area (TPSA) is 54.4 Å². The molecule has 0 spiro atoms. The van der Waals surface area contributed by atoms with Crippen LogP contribution in [-0.4, -0.2) is 12.1 Å². The van der Waals surface area contributed by atoms with Crippen molar-refractivity contribution in [2.45, 2.75) is 0 Å². The van der Waals surface area contributed by atoms with Crippen LogP contribution in [0.25, 0.3) is 32.8 Å². The van der Waals surface area contributed by atoms with Gasteiger partial charge in [-0.1, -0.05) is 40.2 Å². The Morgan fingerprint density at radius 1 is 1.05 bits per heavy atom. The van der Waals surface area contributed by atoms with Crippen molar-refractivity contribution in [3.8, 4) is 17.0 Å². The van der Waals surface area contributed by atoms with Crippen molar-refractivity contribution < 1.29 is 4.74 Å². The third-order valence-electron chi connectivity index (χ3n) is 3.96. The highest BCUT2D eigenvalue weighted by Gasteiger charge is 2.25. The lowest BCUT2D eigenvalue weighted by Gasteiger charge is -2.12. The number of nitrogens with zero attached hydrogens (tertiary/aromatic N) is 1. The summed E-state index contributed by atoms with van der Waals surface area (Å²) < 4.78 is 6.45. The molecule has 0 radical (unpaired) electrons. The first-order valence-corrected chi connectivity index (χ1v) is 7.57. The zero-order chi connectivity index (χ0) is 15.3. The number of aromatic amines is 1.